The predicted molar refractivity (Wildman–Crippen MR) is 82.2 cm³/mol. The first-order valence-electron chi connectivity index (χ1n) is 7.39. The molecule has 0 radical (unpaired) electrons. The maximum atomic E-state index is 8.94. The molecule has 1 aliphatic rings. The van der Waals surface area contributed by atoms with Gasteiger partial charge in [0.05, 0.1) is 11.3 Å². The van der Waals surface area contributed by atoms with Gasteiger partial charge in [-0.25, -0.2) is 9.97 Å². The maximum Gasteiger partial charge on any atom is 0.138 e. The molecule has 0 unspecified atom stereocenters. The average Bonchev–Trinajstić information content (AvgIpc) is 3.13. The number of pyridine rings is 1. The van der Waals surface area contributed by atoms with E-state index in [1.54, 1.807) is 12.3 Å². The van der Waals surface area contributed by atoms with Crippen molar-refractivity contribution < 1.29 is 4.74 Å². The lowest BCUT2D eigenvalue weighted by molar-refractivity contribution is 0.0839. The van der Waals surface area contributed by atoms with E-state index in [1.807, 2.05) is 30.8 Å². The molecule has 0 aliphatic carbocycles. The van der Waals surface area contributed by atoms with Gasteiger partial charge in [-0.05, 0) is 25.5 Å². The third kappa shape index (κ3) is 2.81. The van der Waals surface area contributed by atoms with Crippen molar-refractivity contribution in [2.75, 3.05) is 18.5 Å². The first-order valence-corrected chi connectivity index (χ1v) is 7.39. The van der Waals surface area contributed by atoms with Crippen LogP contribution >= 0.6 is 0 Å². The average molecular weight is 297 g/mol. The summed E-state index contributed by atoms with van der Waals surface area (Å²) >= 11 is 0. The van der Waals surface area contributed by atoms with Crippen LogP contribution in [0.15, 0.2) is 24.5 Å². The number of hydrogen-bond acceptors (Lipinski definition) is 5. The largest absolute Gasteiger partial charge is 0.370 e. The lowest BCUT2D eigenvalue weighted by atomic mass is 10.0. The van der Waals surface area contributed by atoms with Gasteiger partial charge in [-0.3, -0.25) is 0 Å². The fraction of sp³-hybridized carbons (Fsp3) is 0.438. The maximum absolute atomic E-state index is 8.94. The highest BCUT2D eigenvalue weighted by atomic mass is 16.5. The van der Waals surface area contributed by atoms with E-state index in [1.165, 1.54) is 0 Å². The Kier molecular flexibility index (Phi) is 4.07. The summed E-state index contributed by atoms with van der Waals surface area (Å²) in [6, 6.07) is 5.77. The number of imidazole rings is 1. The molecule has 6 nitrogen and oxygen atoms in total. The van der Waals surface area contributed by atoms with Crippen LogP contribution in [0.3, 0.4) is 0 Å². The highest BCUT2D eigenvalue weighted by molar-refractivity contribution is 5.43. The Morgan fingerprint density at radius 3 is 3.05 bits per heavy atom. The quantitative estimate of drug-likeness (QED) is 0.936. The van der Waals surface area contributed by atoms with Gasteiger partial charge >= 0.3 is 0 Å². The van der Waals surface area contributed by atoms with E-state index in [-0.39, 0.29) is 6.10 Å². The van der Waals surface area contributed by atoms with Gasteiger partial charge in [-0.2, -0.15) is 5.26 Å². The van der Waals surface area contributed by atoms with E-state index in [9.17, 15) is 0 Å². The molecule has 0 aromatic carbocycles. The first-order chi connectivity index (χ1) is 10.7. The van der Waals surface area contributed by atoms with E-state index < -0.39 is 0 Å². The van der Waals surface area contributed by atoms with Crippen molar-refractivity contribution >= 4 is 5.82 Å². The Morgan fingerprint density at radius 2 is 2.36 bits per heavy atom. The Hall–Kier alpha value is -2.39. The second kappa shape index (κ2) is 6.16. The topological polar surface area (TPSA) is 75.8 Å². The minimum atomic E-state index is 0.0204. The molecule has 1 N–H and O–H groups in total. The number of aromatic nitrogens is 3. The van der Waals surface area contributed by atoms with E-state index in [0.717, 1.165) is 36.9 Å². The fourth-order valence-corrected chi connectivity index (χ4v) is 2.79. The van der Waals surface area contributed by atoms with Crippen molar-refractivity contribution in [3.05, 3.63) is 41.6 Å². The van der Waals surface area contributed by atoms with Crippen LogP contribution in [-0.2, 0) is 11.8 Å². The Bertz CT molecular complexity index is 703. The fourth-order valence-electron chi connectivity index (χ4n) is 2.79. The summed E-state index contributed by atoms with van der Waals surface area (Å²) in [5, 5.41) is 12.3. The minimum Gasteiger partial charge on any atom is -0.370 e. The van der Waals surface area contributed by atoms with Gasteiger partial charge in [-0.1, -0.05) is 0 Å². The highest BCUT2D eigenvalue weighted by Gasteiger charge is 2.32. The standard InChI is InChI=1S/C16H19N5O/c1-11-12(9-17)3-4-14(20-11)19-10-13-5-8-22-15(13)16-18-6-7-21(16)2/h3-4,6-7,13,15H,5,8,10H2,1-2H3,(H,19,20)/t13-,15+/m0/s1. The van der Waals surface area contributed by atoms with E-state index >= 15 is 0 Å². The summed E-state index contributed by atoms with van der Waals surface area (Å²) < 4.78 is 7.86. The molecule has 1 saturated heterocycles. The van der Waals surface area contributed by atoms with Crippen molar-refractivity contribution in [3.8, 4) is 6.07 Å². The molecule has 22 heavy (non-hydrogen) atoms. The molecule has 3 heterocycles. The number of ether oxygens (including phenoxy) is 1. The number of nitrogens with zero attached hydrogens (tertiary/aromatic N) is 4. The second-order valence-corrected chi connectivity index (χ2v) is 5.56. The number of aryl methyl sites for hydroxylation is 2. The Balaban J connectivity index is 1.67. The molecule has 0 saturated carbocycles. The van der Waals surface area contributed by atoms with E-state index in [2.05, 4.69) is 21.4 Å². The van der Waals surface area contributed by atoms with Gasteiger partial charge in [0, 0.05) is 38.5 Å². The lowest BCUT2D eigenvalue weighted by Gasteiger charge is -2.19. The van der Waals surface area contributed by atoms with Crippen LogP contribution in [0.2, 0.25) is 0 Å². The number of rotatable bonds is 4. The van der Waals surface area contributed by atoms with Crippen LogP contribution in [0.5, 0.6) is 0 Å². The van der Waals surface area contributed by atoms with Crippen LogP contribution in [-0.4, -0.2) is 27.7 Å². The zero-order valence-corrected chi connectivity index (χ0v) is 12.8. The van der Waals surface area contributed by atoms with Crippen molar-refractivity contribution in [1.82, 2.24) is 14.5 Å². The Morgan fingerprint density at radius 1 is 1.50 bits per heavy atom. The monoisotopic (exact) mass is 297 g/mol. The zero-order chi connectivity index (χ0) is 15.5. The molecule has 0 amide bonds. The van der Waals surface area contributed by atoms with Crippen LogP contribution in [0, 0.1) is 24.2 Å². The van der Waals surface area contributed by atoms with Gasteiger partial charge in [0.25, 0.3) is 0 Å². The van der Waals surface area contributed by atoms with Crippen molar-refractivity contribution in [3.63, 3.8) is 0 Å². The summed E-state index contributed by atoms with van der Waals surface area (Å²) in [4.78, 5) is 8.81. The summed E-state index contributed by atoms with van der Waals surface area (Å²) in [7, 11) is 1.99. The van der Waals surface area contributed by atoms with E-state index in [0.29, 0.717) is 11.5 Å². The van der Waals surface area contributed by atoms with Gasteiger partial charge in [0.1, 0.15) is 23.8 Å². The van der Waals surface area contributed by atoms with Crippen molar-refractivity contribution in [2.24, 2.45) is 13.0 Å². The third-order valence-electron chi connectivity index (χ3n) is 4.08. The third-order valence-corrected chi connectivity index (χ3v) is 4.08. The van der Waals surface area contributed by atoms with Gasteiger partial charge in [0.2, 0.25) is 0 Å². The summed E-state index contributed by atoms with van der Waals surface area (Å²) in [5.41, 5.74) is 1.36. The lowest BCUT2D eigenvalue weighted by Crippen LogP contribution is -2.20. The summed E-state index contributed by atoms with van der Waals surface area (Å²) in [6.07, 6.45) is 4.76. The first kappa shape index (κ1) is 14.5. The number of anilines is 1. The van der Waals surface area contributed by atoms with Crippen LogP contribution in [0.25, 0.3) is 0 Å². The van der Waals surface area contributed by atoms with Gasteiger partial charge < -0.3 is 14.6 Å². The van der Waals surface area contributed by atoms with Crippen LogP contribution in [0.4, 0.5) is 5.82 Å². The molecule has 6 heteroatoms. The molecule has 2 atom stereocenters. The molecule has 1 aliphatic heterocycles. The SMILES string of the molecule is Cc1nc(NC[C@@H]2CCO[C@H]2c2nccn2C)ccc1C#N. The molecule has 114 valence electrons. The highest BCUT2D eigenvalue weighted by Crippen LogP contribution is 2.33. The van der Waals surface area contributed by atoms with Crippen LogP contribution < -0.4 is 5.32 Å². The number of nitrogens with one attached hydrogen (secondary N) is 1. The molecule has 0 spiro atoms. The second-order valence-electron chi connectivity index (χ2n) is 5.56. The molecule has 2 aromatic rings. The summed E-state index contributed by atoms with van der Waals surface area (Å²) in [6.45, 7) is 3.37. The molecular weight excluding hydrogens is 278 g/mol. The molecular formula is C16H19N5O. The number of hydrogen-bond donors (Lipinski definition) is 1. The molecule has 3 rings (SSSR count). The minimum absolute atomic E-state index is 0.0204. The normalized spacial score (nSPS) is 20.8. The molecule has 2 aromatic heterocycles. The van der Waals surface area contributed by atoms with Crippen molar-refractivity contribution in [1.29, 1.82) is 5.26 Å². The zero-order valence-electron chi connectivity index (χ0n) is 12.8. The van der Waals surface area contributed by atoms with Gasteiger partial charge in [-0.15, -0.1) is 0 Å². The van der Waals surface area contributed by atoms with Crippen LogP contribution in [0.1, 0.15) is 29.6 Å². The number of nitriles is 1. The Labute approximate surface area is 129 Å². The molecule has 1 fully saturated rings. The smallest absolute Gasteiger partial charge is 0.138 e. The predicted octanol–water partition coefficient (Wildman–Crippen LogP) is 2.18. The van der Waals surface area contributed by atoms with E-state index in [4.69, 9.17) is 10.00 Å². The van der Waals surface area contributed by atoms with Gasteiger partial charge in [0.15, 0.2) is 0 Å². The molecule has 0 bridgehead atoms. The summed E-state index contributed by atoms with van der Waals surface area (Å²) in [5.74, 6) is 2.12. The van der Waals surface area contributed by atoms with Crippen molar-refractivity contribution in [2.45, 2.75) is 19.4 Å².